The van der Waals surface area contributed by atoms with Crippen molar-refractivity contribution in [3.05, 3.63) is 105 Å². The van der Waals surface area contributed by atoms with Crippen molar-refractivity contribution in [3.8, 4) is 17.3 Å². The van der Waals surface area contributed by atoms with Crippen LogP contribution in [-0.4, -0.2) is 15.3 Å². The van der Waals surface area contributed by atoms with Gasteiger partial charge in [-0.2, -0.15) is 0 Å². The van der Waals surface area contributed by atoms with Crippen LogP contribution in [0.25, 0.3) is 5.69 Å². The summed E-state index contributed by atoms with van der Waals surface area (Å²) in [5, 5.41) is 2.68. The van der Waals surface area contributed by atoms with Crippen LogP contribution in [-0.2, 0) is 17.8 Å². The fraction of sp³-hybridized carbons (Fsp3) is 0.0833. The minimum atomic E-state index is -0.451. The minimum Gasteiger partial charge on any atom is -0.439 e. The largest absolute Gasteiger partial charge is 0.439 e. The van der Waals surface area contributed by atoms with Crippen molar-refractivity contribution in [1.29, 1.82) is 0 Å². The molecule has 5 rings (SSSR count). The normalized spacial score (nSPS) is 11.9. The summed E-state index contributed by atoms with van der Waals surface area (Å²) in [7, 11) is 0. The van der Waals surface area contributed by atoms with Crippen LogP contribution in [0.4, 0.5) is 10.1 Å². The molecule has 1 aliphatic rings. The zero-order valence-corrected chi connectivity index (χ0v) is 18.3. The maximum atomic E-state index is 13.5. The second-order valence-corrected chi connectivity index (χ2v) is 8.30. The van der Waals surface area contributed by atoms with E-state index in [2.05, 4.69) is 21.2 Å². The number of para-hydroxylation sites is 1. The van der Waals surface area contributed by atoms with Crippen LogP contribution < -0.4 is 15.6 Å². The number of aromatic nitrogens is 2. The summed E-state index contributed by atoms with van der Waals surface area (Å²) in [6.07, 6.45) is 0.383. The molecule has 0 saturated carbocycles. The lowest BCUT2D eigenvalue weighted by Crippen LogP contribution is -2.27. The molecule has 0 spiro atoms. The Bertz CT molecular complexity index is 1400. The van der Waals surface area contributed by atoms with Gasteiger partial charge in [0.05, 0.1) is 11.3 Å². The van der Waals surface area contributed by atoms with Gasteiger partial charge in [-0.25, -0.2) is 13.8 Å². The molecule has 1 amide bonds. The molecule has 0 saturated heterocycles. The van der Waals surface area contributed by atoms with Crippen molar-refractivity contribution >= 4 is 27.5 Å². The molecule has 2 heterocycles. The molecule has 0 fully saturated rings. The second-order valence-electron chi connectivity index (χ2n) is 7.38. The first-order valence-corrected chi connectivity index (χ1v) is 10.7. The number of nitrogens with one attached hydrogen (secondary N) is 1. The fourth-order valence-corrected chi connectivity index (χ4v) is 4.20. The minimum absolute atomic E-state index is 0.193. The average molecular weight is 494 g/mol. The summed E-state index contributed by atoms with van der Waals surface area (Å²) in [6.45, 7) is -0.193. The number of benzene rings is 3. The second kappa shape index (κ2) is 8.12. The van der Waals surface area contributed by atoms with Gasteiger partial charge in [0.15, 0.2) is 0 Å². The molecule has 0 radical (unpaired) electrons. The number of amides is 1. The van der Waals surface area contributed by atoms with Crippen molar-refractivity contribution in [2.24, 2.45) is 0 Å². The highest BCUT2D eigenvalue weighted by molar-refractivity contribution is 9.10. The lowest BCUT2D eigenvalue weighted by Gasteiger charge is -2.19. The first kappa shape index (κ1) is 20.3. The Balaban J connectivity index is 1.57. The van der Waals surface area contributed by atoms with Crippen molar-refractivity contribution in [1.82, 2.24) is 9.36 Å². The number of nitrogens with zero attached hydrogens (tertiary/aromatic N) is 2. The Morgan fingerprint density at radius 3 is 2.66 bits per heavy atom. The Kier molecular flexibility index (Phi) is 5.14. The summed E-state index contributed by atoms with van der Waals surface area (Å²) < 4.78 is 23.5. The van der Waals surface area contributed by atoms with Gasteiger partial charge in [0.25, 0.3) is 5.56 Å². The van der Waals surface area contributed by atoms with Gasteiger partial charge >= 0.3 is 0 Å². The van der Waals surface area contributed by atoms with Crippen molar-refractivity contribution in [2.75, 3.05) is 5.32 Å². The molecule has 0 aliphatic carbocycles. The van der Waals surface area contributed by atoms with Gasteiger partial charge in [-0.3, -0.25) is 9.59 Å². The molecular formula is C24H17BrFN3O3. The smallest absolute Gasteiger partial charge is 0.278 e. The molecule has 1 aromatic heterocycles. The molecule has 0 bridgehead atoms. The van der Waals surface area contributed by atoms with Gasteiger partial charge in [0.2, 0.25) is 11.8 Å². The Hall–Kier alpha value is -3.65. The molecule has 8 heteroatoms. The number of halogens is 2. The van der Waals surface area contributed by atoms with Gasteiger partial charge in [-0.1, -0.05) is 40.2 Å². The molecule has 3 aromatic carbocycles. The van der Waals surface area contributed by atoms with E-state index in [4.69, 9.17) is 4.74 Å². The summed E-state index contributed by atoms with van der Waals surface area (Å²) in [6, 6.07) is 20.3. The quantitative estimate of drug-likeness (QED) is 0.388. The standard InChI is InChI=1S/C24H17BrFN3O3/c25-16-9-10-21-15(11-16)12-20-23(31)29(19-7-2-1-3-8-19)28(24(20)32-21)14-22(30)27-18-6-4-5-17(26)13-18/h1-11,13H,12,14H2,(H,27,30). The SMILES string of the molecule is O=C(Cn1c2c(c(=O)n1-c1ccccc1)Cc1cc(Br)ccc1O2)Nc1cccc(F)c1. The molecule has 0 unspecified atom stereocenters. The first-order chi connectivity index (χ1) is 15.5. The first-order valence-electron chi connectivity index (χ1n) is 9.91. The van der Waals surface area contributed by atoms with Crippen LogP contribution in [0.5, 0.6) is 11.6 Å². The van der Waals surface area contributed by atoms with Gasteiger partial charge in [0.1, 0.15) is 18.1 Å². The van der Waals surface area contributed by atoms with E-state index in [1.807, 2.05) is 36.4 Å². The topological polar surface area (TPSA) is 65.3 Å². The van der Waals surface area contributed by atoms with Crippen molar-refractivity contribution < 1.29 is 13.9 Å². The number of carbonyl (C=O) groups is 1. The number of hydrogen-bond donors (Lipinski definition) is 1. The number of anilines is 1. The van der Waals surface area contributed by atoms with Gasteiger partial charge in [-0.05, 0) is 48.5 Å². The molecule has 0 atom stereocenters. The average Bonchev–Trinajstić information content (AvgIpc) is 3.03. The molecule has 4 aromatic rings. The van der Waals surface area contributed by atoms with Crippen LogP contribution in [0.15, 0.2) is 82.1 Å². The third-order valence-corrected chi connectivity index (χ3v) is 5.68. The molecule has 32 heavy (non-hydrogen) atoms. The Morgan fingerprint density at radius 2 is 1.88 bits per heavy atom. The number of rotatable bonds is 4. The lowest BCUT2D eigenvalue weighted by atomic mass is 10.0. The monoisotopic (exact) mass is 493 g/mol. The Morgan fingerprint density at radius 1 is 1.06 bits per heavy atom. The highest BCUT2D eigenvalue weighted by Gasteiger charge is 2.29. The highest BCUT2D eigenvalue weighted by atomic mass is 79.9. The van der Waals surface area contributed by atoms with E-state index < -0.39 is 11.7 Å². The maximum Gasteiger partial charge on any atom is 0.278 e. The predicted molar refractivity (Wildman–Crippen MR) is 122 cm³/mol. The van der Waals surface area contributed by atoms with E-state index in [1.54, 1.807) is 18.2 Å². The summed E-state index contributed by atoms with van der Waals surface area (Å²) >= 11 is 3.45. The summed E-state index contributed by atoms with van der Waals surface area (Å²) in [5.74, 6) is 0.0880. The summed E-state index contributed by atoms with van der Waals surface area (Å²) in [4.78, 5) is 26.2. The maximum absolute atomic E-state index is 13.5. The van der Waals surface area contributed by atoms with Gasteiger partial charge in [0, 0.05) is 22.1 Å². The van der Waals surface area contributed by atoms with E-state index in [1.165, 1.54) is 27.6 Å². The zero-order chi connectivity index (χ0) is 22.2. The van der Waals surface area contributed by atoms with Gasteiger partial charge in [-0.15, -0.1) is 0 Å². The van der Waals surface area contributed by atoms with Crippen LogP contribution in [0.2, 0.25) is 0 Å². The zero-order valence-electron chi connectivity index (χ0n) is 16.7. The van der Waals surface area contributed by atoms with Crippen LogP contribution in [0.3, 0.4) is 0 Å². The number of ether oxygens (including phenoxy) is 1. The Labute approximate surface area is 191 Å². The molecule has 1 aliphatic heterocycles. The predicted octanol–water partition coefficient (Wildman–Crippen LogP) is 4.88. The van der Waals surface area contributed by atoms with E-state index in [-0.39, 0.29) is 12.1 Å². The van der Waals surface area contributed by atoms with E-state index in [9.17, 15) is 14.0 Å². The van der Waals surface area contributed by atoms with Crippen molar-refractivity contribution in [2.45, 2.75) is 13.0 Å². The molecular weight excluding hydrogens is 477 g/mol. The number of fused-ring (bicyclic) bond motifs is 2. The van der Waals surface area contributed by atoms with Crippen LogP contribution in [0.1, 0.15) is 11.1 Å². The molecule has 160 valence electrons. The highest BCUT2D eigenvalue weighted by Crippen LogP contribution is 2.37. The lowest BCUT2D eigenvalue weighted by molar-refractivity contribution is -0.117. The van der Waals surface area contributed by atoms with E-state index in [0.29, 0.717) is 35.0 Å². The van der Waals surface area contributed by atoms with Gasteiger partial charge < -0.3 is 10.1 Å². The van der Waals surface area contributed by atoms with Crippen molar-refractivity contribution in [3.63, 3.8) is 0 Å². The fourth-order valence-electron chi connectivity index (χ4n) is 3.79. The summed E-state index contributed by atoms with van der Waals surface area (Å²) in [5.41, 5.74) is 2.04. The van der Waals surface area contributed by atoms with Crippen LogP contribution in [0, 0.1) is 5.82 Å². The molecule has 1 N–H and O–H groups in total. The van der Waals surface area contributed by atoms with E-state index in [0.717, 1.165) is 10.0 Å². The third-order valence-electron chi connectivity index (χ3n) is 5.18. The van der Waals surface area contributed by atoms with E-state index >= 15 is 0 Å². The number of carbonyl (C=O) groups excluding carboxylic acids is 1. The third kappa shape index (κ3) is 3.73. The van der Waals surface area contributed by atoms with Crippen LogP contribution >= 0.6 is 15.9 Å². The molecule has 6 nitrogen and oxygen atoms in total. The number of hydrogen-bond acceptors (Lipinski definition) is 3.